The van der Waals surface area contributed by atoms with Crippen molar-refractivity contribution in [3.05, 3.63) is 47.5 Å². The fourth-order valence-electron chi connectivity index (χ4n) is 1.74. The first-order valence-corrected chi connectivity index (χ1v) is 4.80. The minimum absolute atomic E-state index is 0.283. The van der Waals surface area contributed by atoms with Gasteiger partial charge in [-0.25, -0.2) is 4.79 Å². The Hall–Kier alpha value is -1.83. The van der Waals surface area contributed by atoms with E-state index in [0.29, 0.717) is 5.56 Å². The molecule has 0 N–H and O–H groups in total. The topological polar surface area (TPSA) is 26.3 Å². The van der Waals surface area contributed by atoms with Crippen LogP contribution in [-0.4, -0.2) is 13.1 Å². The van der Waals surface area contributed by atoms with Crippen molar-refractivity contribution in [1.29, 1.82) is 0 Å². The Bertz CT molecular complexity index is 515. The molecular weight excluding hydrogens is 188 g/mol. The number of fused-ring (bicyclic) bond motifs is 1. The molecule has 0 saturated heterocycles. The molecule has 0 aliphatic carbocycles. The molecule has 0 heterocycles. The number of methoxy groups -OCH3 is 1. The third-order valence-electron chi connectivity index (χ3n) is 2.41. The smallest absolute Gasteiger partial charge is 0.338 e. The zero-order chi connectivity index (χ0) is 10.8. The number of hydrogen-bond donors (Lipinski definition) is 0. The van der Waals surface area contributed by atoms with E-state index in [9.17, 15) is 4.79 Å². The molecule has 2 nitrogen and oxygen atoms in total. The van der Waals surface area contributed by atoms with Crippen molar-refractivity contribution in [3.8, 4) is 0 Å². The third-order valence-corrected chi connectivity index (χ3v) is 2.41. The summed E-state index contributed by atoms with van der Waals surface area (Å²) in [4.78, 5) is 11.6. The molecule has 0 aliphatic rings. The fraction of sp³-hybridized carbons (Fsp3) is 0.154. The van der Waals surface area contributed by atoms with Crippen LogP contribution in [0.5, 0.6) is 0 Å². The van der Waals surface area contributed by atoms with Gasteiger partial charge in [0.15, 0.2) is 0 Å². The summed E-state index contributed by atoms with van der Waals surface area (Å²) in [6, 6.07) is 11.7. The highest BCUT2D eigenvalue weighted by atomic mass is 16.5. The Morgan fingerprint density at radius 1 is 1.20 bits per heavy atom. The number of carbonyl (C=O) groups excluding carboxylic acids is 1. The highest BCUT2D eigenvalue weighted by molar-refractivity contribution is 6.04. The molecule has 0 unspecified atom stereocenters. The highest BCUT2D eigenvalue weighted by Gasteiger charge is 2.10. The molecule has 2 aromatic carbocycles. The van der Waals surface area contributed by atoms with Crippen molar-refractivity contribution in [1.82, 2.24) is 0 Å². The zero-order valence-corrected chi connectivity index (χ0v) is 8.78. The van der Waals surface area contributed by atoms with E-state index in [4.69, 9.17) is 4.74 Å². The van der Waals surface area contributed by atoms with Crippen LogP contribution >= 0.6 is 0 Å². The molecule has 2 aromatic rings. The summed E-state index contributed by atoms with van der Waals surface area (Å²) in [5.41, 5.74) is 1.70. The van der Waals surface area contributed by atoms with Crippen molar-refractivity contribution < 1.29 is 9.53 Å². The lowest BCUT2D eigenvalue weighted by Gasteiger charge is -2.06. The summed E-state index contributed by atoms with van der Waals surface area (Å²) >= 11 is 0. The van der Waals surface area contributed by atoms with Crippen molar-refractivity contribution in [3.63, 3.8) is 0 Å². The number of aryl methyl sites for hydroxylation is 1. The van der Waals surface area contributed by atoms with Crippen LogP contribution in [0.25, 0.3) is 10.8 Å². The monoisotopic (exact) mass is 200 g/mol. The van der Waals surface area contributed by atoms with Crippen LogP contribution in [-0.2, 0) is 4.74 Å². The molecule has 0 bridgehead atoms. The zero-order valence-electron chi connectivity index (χ0n) is 8.78. The highest BCUT2D eigenvalue weighted by Crippen LogP contribution is 2.21. The van der Waals surface area contributed by atoms with E-state index in [1.165, 1.54) is 7.11 Å². The quantitative estimate of drug-likeness (QED) is 0.661. The molecule has 2 heteroatoms. The first-order chi connectivity index (χ1) is 7.22. The van der Waals surface area contributed by atoms with Gasteiger partial charge < -0.3 is 4.74 Å². The maximum absolute atomic E-state index is 11.6. The van der Waals surface area contributed by atoms with Gasteiger partial charge >= 0.3 is 5.97 Å². The molecule has 0 fully saturated rings. The van der Waals surface area contributed by atoms with Gasteiger partial charge in [-0.3, -0.25) is 0 Å². The number of esters is 1. The molecule has 76 valence electrons. The van der Waals surface area contributed by atoms with Crippen LogP contribution in [0.4, 0.5) is 0 Å². The van der Waals surface area contributed by atoms with Crippen molar-refractivity contribution in [2.24, 2.45) is 0 Å². The molecule has 0 radical (unpaired) electrons. The van der Waals surface area contributed by atoms with Crippen molar-refractivity contribution >= 4 is 16.7 Å². The predicted octanol–water partition coefficient (Wildman–Crippen LogP) is 2.93. The molecular formula is C13H12O2. The standard InChI is InChI=1S/C13H12O2/c1-9-7-10-5-3-4-6-11(10)12(8-9)13(14)15-2/h3-8H,1-2H3. The first kappa shape index (κ1) is 9.71. The van der Waals surface area contributed by atoms with Crippen LogP contribution in [0.3, 0.4) is 0 Å². The van der Waals surface area contributed by atoms with E-state index in [2.05, 4.69) is 6.07 Å². The normalized spacial score (nSPS) is 10.3. The van der Waals surface area contributed by atoms with Gasteiger partial charge in [0.05, 0.1) is 12.7 Å². The van der Waals surface area contributed by atoms with Gasteiger partial charge in [0.1, 0.15) is 0 Å². The first-order valence-electron chi connectivity index (χ1n) is 4.80. The maximum atomic E-state index is 11.6. The number of benzene rings is 2. The molecule has 15 heavy (non-hydrogen) atoms. The van der Waals surface area contributed by atoms with E-state index in [-0.39, 0.29) is 5.97 Å². The average molecular weight is 200 g/mol. The van der Waals surface area contributed by atoms with Gasteiger partial charge in [-0.1, -0.05) is 30.3 Å². The average Bonchev–Trinajstić information content (AvgIpc) is 2.26. The van der Waals surface area contributed by atoms with Crippen molar-refractivity contribution in [2.75, 3.05) is 7.11 Å². The van der Waals surface area contributed by atoms with Gasteiger partial charge in [0.25, 0.3) is 0 Å². The summed E-state index contributed by atoms with van der Waals surface area (Å²) in [7, 11) is 1.40. The lowest BCUT2D eigenvalue weighted by molar-refractivity contribution is 0.0603. The second-order valence-electron chi connectivity index (χ2n) is 3.53. The van der Waals surface area contributed by atoms with E-state index in [0.717, 1.165) is 16.3 Å². The summed E-state index contributed by atoms with van der Waals surface area (Å²) in [5.74, 6) is -0.283. The summed E-state index contributed by atoms with van der Waals surface area (Å²) < 4.78 is 4.76. The Kier molecular flexibility index (Phi) is 2.42. The van der Waals surface area contributed by atoms with Gasteiger partial charge in [-0.2, -0.15) is 0 Å². The molecule has 0 spiro atoms. The summed E-state index contributed by atoms with van der Waals surface area (Å²) in [6.45, 7) is 1.97. The second kappa shape index (κ2) is 3.73. The van der Waals surface area contributed by atoms with Crippen LogP contribution in [0.1, 0.15) is 15.9 Å². The van der Waals surface area contributed by atoms with Gasteiger partial charge in [-0.05, 0) is 29.3 Å². The number of rotatable bonds is 1. The lowest BCUT2D eigenvalue weighted by Crippen LogP contribution is -2.02. The summed E-state index contributed by atoms with van der Waals surface area (Å²) in [6.07, 6.45) is 0. The molecule has 0 saturated carbocycles. The van der Waals surface area contributed by atoms with Gasteiger partial charge in [-0.15, -0.1) is 0 Å². The van der Waals surface area contributed by atoms with E-state index >= 15 is 0 Å². The predicted molar refractivity (Wildman–Crippen MR) is 60.0 cm³/mol. The van der Waals surface area contributed by atoms with Crippen molar-refractivity contribution in [2.45, 2.75) is 6.92 Å². The Balaban J connectivity index is 2.76. The number of hydrogen-bond acceptors (Lipinski definition) is 2. The van der Waals surface area contributed by atoms with Crippen LogP contribution in [0.2, 0.25) is 0 Å². The molecule has 2 rings (SSSR count). The lowest BCUT2D eigenvalue weighted by atomic mass is 10.0. The minimum atomic E-state index is -0.283. The SMILES string of the molecule is COC(=O)c1cc(C)cc2ccccc12. The molecule has 0 amide bonds. The Morgan fingerprint density at radius 2 is 1.93 bits per heavy atom. The maximum Gasteiger partial charge on any atom is 0.338 e. The fourth-order valence-corrected chi connectivity index (χ4v) is 1.74. The largest absolute Gasteiger partial charge is 0.465 e. The third kappa shape index (κ3) is 1.71. The van der Waals surface area contributed by atoms with Crippen LogP contribution < -0.4 is 0 Å². The van der Waals surface area contributed by atoms with E-state index < -0.39 is 0 Å². The molecule has 0 aromatic heterocycles. The Morgan fingerprint density at radius 3 is 2.67 bits per heavy atom. The van der Waals surface area contributed by atoms with Gasteiger partial charge in [0.2, 0.25) is 0 Å². The van der Waals surface area contributed by atoms with E-state index in [1.807, 2.05) is 37.3 Å². The second-order valence-corrected chi connectivity index (χ2v) is 3.53. The van der Waals surface area contributed by atoms with Crippen LogP contribution in [0.15, 0.2) is 36.4 Å². The van der Waals surface area contributed by atoms with E-state index in [1.54, 1.807) is 0 Å². The number of carbonyl (C=O) groups is 1. The molecule has 0 aliphatic heterocycles. The summed E-state index contributed by atoms with van der Waals surface area (Å²) in [5, 5.41) is 2.01. The minimum Gasteiger partial charge on any atom is -0.465 e. The molecule has 0 atom stereocenters. The van der Waals surface area contributed by atoms with Crippen LogP contribution in [0, 0.1) is 6.92 Å². The Labute approximate surface area is 88.5 Å². The number of ether oxygens (including phenoxy) is 1. The van der Waals surface area contributed by atoms with Gasteiger partial charge in [0, 0.05) is 0 Å².